The first-order valence-electron chi connectivity index (χ1n) is 7.06. The van der Waals surface area contributed by atoms with Crippen molar-refractivity contribution in [2.45, 2.75) is 18.8 Å². The summed E-state index contributed by atoms with van der Waals surface area (Å²) >= 11 is 0. The van der Waals surface area contributed by atoms with Crippen molar-refractivity contribution in [2.75, 3.05) is 5.32 Å². The second-order valence-electron chi connectivity index (χ2n) is 5.29. The van der Waals surface area contributed by atoms with E-state index < -0.39 is 0 Å². The largest absolute Gasteiger partial charge is 0.506 e. The van der Waals surface area contributed by atoms with Crippen molar-refractivity contribution in [1.82, 2.24) is 0 Å². The van der Waals surface area contributed by atoms with Gasteiger partial charge in [0.05, 0.1) is 5.69 Å². The Balaban J connectivity index is 1.80. The van der Waals surface area contributed by atoms with E-state index in [1.54, 1.807) is 24.3 Å². The maximum Gasteiger partial charge on any atom is 0.158 e. The molecule has 3 rings (SSSR count). The summed E-state index contributed by atoms with van der Waals surface area (Å²) < 4.78 is 0. The zero-order valence-corrected chi connectivity index (χ0v) is 11.6. The molecule has 3 heteroatoms. The minimum Gasteiger partial charge on any atom is -0.506 e. The van der Waals surface area contributed by atoms with E-state index in [1.807, 2.05) is 24.3 Å². The third-order valence-electron chi connectivity index (χ3n) is 3.72. The number of allylic oxidation sites excluding steroid dienone is 2. The Labute approximate surface area is 123 Å². The van der Waals surface area contributed by atoms with E-state index in [0.717, 1.165) is 12.1 Å². The smallest absolute Gasteiger partial charge is 0.158 e. The van der Waals surface area contributed by atoms with Gasteiger partial charge in [-0.15, -0.1) is 0 Å². The quantitative estimate of drug-likeness (QED) is 0.839. The number of carbonyl (C=O) groups is 1. The molecule has 21 heavy (non-hydrogen) atoms. The van der Waals surface area contributed by atoms with Gasteiger partial charge in [0.2, 0.25) is 0 Å². The molecule has 0 fully saturated rings. The molecule has 1 unspecified atom stereocenters. The average molecular weight is 279 g/mol. The first-order valence-corrected chi connectivity index (χ1v) is 7.06. The van der Waals surface area contributed by atoms with E-state index in [9.17, 15) is 9.90 Å². The Hall–Kier alpha value is -2.55. The Morgan fingerprint density at radius 1 is 0.952 bits per heavy atom. The minimum atomic E-state index is 0.119. The number of hydrogen-bond acceptors (Lipinski definition) is 3. The van der Waals surface area contributed by atoms with Gasteiger partial charge in [-0.25, -0.2) is 0 Å². The van der Waals surface area contributed by atoms with E-state index in [2.05, 4.69) is 17.4 Å². The fraction of sp³-hybridized carbons (Fsp3) is 0.167. The highest BCUT2D eigenvalue weighted by atomic mass is 16.3. The molecule has 0 saturated carbocycles. The highest BCUT2D eigenvalue weighted by molar-refractivity contribution is 5.92. The number of phenols is 1. The Morgan fingerprint density at radius 2 is 1.67 bits per heavy atom. The molecular weight excluding hydrogens is 262 g/mol. The lowest BCUT2D eigenvalue weighted by atomic mass is 9.85. The van der Waals surface area contributed by atoms with Gasteiger partial charge in [0.1, 0.15) is 5.75 Å². The third-order valence-corrected chi connectivity index (χ3v) is 3.72. The maximum atomic E-state index is 12.0. The third kappa shape index (κ3) is 3.14. The van der Waals surface area contributed by atoms with Crippen LogP contribution >= 0.6 is 0 Å². The number of benzene rings is 2. The van der Waals surface area contributed by atoms with Gasteiger partial charge in [-0.1, -0.05) is 42.5 Å². The van der Waals surface area contributed by atoms with E-state index >= 15 is 0 Å². The van der Waals surface area contributed by atoms with Crippen molar-refractivity contribution in [3.05, 3.63) is 71.9 Å². The Kier molecular flexibility index (Phi) is 3.73. The van der Waals surface area contributed by atoms with Crippen LogP contribution in [0.3, 0.4) is 0 Å². The van der Waals surface area contributed by atoms with Gasteiger partial charge in [0, 0.05) is 18.2 Å². The Morgan fingerprint density at radius 3 is 2.43 bits per heavy atom. The number of nitrogens with one attached hydrogen (secondary N) is 1. The fourth-order valence-electron chi connectivity index (χ4n) is 2.69. The maximum absolute atomic E-state index is 12.0. The molecule has 0 aromatic heterocycles. The number of hydrogen-bond donors (Lipinski definition) is 2. The van der Waals surface area contributed by atoms with Crippen molar-refractivity contribution < 1.29 is 9.90 Å². The Bertz CT molecular complexity index is 677. The topological polar surface area (TPSA) is 49.3 Å². The van der Waals surface area contributed by atoms with Crippen molar-refractivity contribution in [1.29, 1.82) is 0 Å². The SMILES string of the molecule is O=C1C=C(Nc2ccccc2O)CC(c2ccccc2)C1. The molecule has 0 radical (unpaired) electrons. The molecule has 0 bridgehead atoms. The lowest BCUT2D eigenvalue weighted by Crippen LogP contribution is -2.16. The van der Waals surface area contributed by atoms with E-state index in [0.29, 0.717) is 12.1 Å². The van der Waals surface area contributed by atoms with Crippen LogP contribution in [-0.2, 0) is 4.79 Å². The van der Waals surface area contributed by atoms with Crippen LogP contribution in [0.2, 0.25) is 0 Å². The summed E-state index contributed by atoms with van der Waals surface area (Å²) in [4.78, 5) is 12.0. The second-order valence-corrected chi connectivity index (χ2v) is 5.29. The molecule has 106 valence electrons. The molecular formula is C18H17NO2. The number of anilines is 1. The molecule has 0 saturated heterocycles. The normalized spacial score (nSPS) is 18.2. The summed E-state index contributed by atoms with van der Waals surface area (Å²) in [5.41, 5.74) is 2.65. The second kappa shape index (κ2) is 5.83. The van der Waals surface area contributed by atoms with E-state index in [1.165, 1.54) is 5.56 Å². The van der Waals surface area contributed by atoms with Gasteiger partial charge in [-0.05, 0) is 30.0 Å². The number of aromatic hydroxyl groups is 1. The predicted molar refractivity (Wildman–Crippen MR) is 83.2 cm³/mol. The lowest BCUT2D eigenvalue weighted by molar-refractivity contribution is -0.115. The molecule has 3 nitrogen and oxygen atoms in total. The van der Waals surface area contributed by atoms with Crippen LogP contribution in [0.25, 0.3) is 0 Å². The molecule has 2 aromatic carbocycles. The zero-order valence-electron chi connectivity index (χ0n) is 11.6. The average Bonchev–Trinajstić information content (AvgIpc) is 2.50. The predicted octanol–water partition coefficient (Wildman–Crippen LogP) is 3.83. The van der Waals surface area contributed by atoms with Gasteiger partial charge < -0.3 is 10.4 Å². The van der Waals surface area contributed by atoms with Crippen LogP contribution in [0.15, 0.2) is 66.4 Å². The van der Waals surface area contributed by atoms with Gasteiger partial charge in [-0.3, -0.25) is 4.79 Å². The van der Waals surface area contributed by atoms with Crippen LogP contribution in [0.4, 0.5) is 5.69 Å². The molecule has 1 aliphatic carbocycles. The summed E-state index contributed by atoms with van der Waals surface area (Å²) in [6, 6.07) is 17.1. The summed E-state index contributed by atoms with van der Waals surface area (Å²) in [6.45, 7) is 0. The number of carbonyl (C=O) groups excluding carboxylic acids is 1. The van der Waals surface area contributed by atoms with Crippen LogP contribution < -0.4 is 5.32 Å². The first-order chi connectivity index (χ1) is 10.2. The lowest BCUT2D eigenvalue weighted by Gasteiger charge is -2.23. The zero-order chi connectivity index (χ0) is 14.7. The molecule has 0 heterocycles. The summed E-state index contributed by atoms with van der Waals surface area (Å²) in [6.07, 6.45) is 2.95. The number of rotatable bonds is 3. The molecule has 2 aromatic rings. The standard InChI is InChI=1S/C18H17NO2/c20-16-11-14(13-6-2-1-3-7-13)10-15(12-16)19-17-8-4-5-9-18(17)21/h1-9,12,14,19,21H,10-11H2. The molecule has 1 aliphatic rings. The van der Waals surface area contributed by atoms with Gasteiger partial charge in [-0.2, -0.15) is 0 Å². The number of phenolic OH excluding ortho intramolecular Hbond substituents is 1. The molecule has 2 N–H and O–H groups in total. The van der Waals surface area contributed by atoms with Gasteiger partial charge >= 0.3 is 0 Å². The van der Waals surface area contributed by atoms with Crippen LogP contribution in [-0.4, -0.2) is 10.9 Å². The van der Waals surface area contributed by atoms with Crippen molar-refractivity contribution >= 4 is 11.5 Å². The highest BCUT2D eigenvalue weighted by Gasteiger charge is 2.22. The minimum absolute atomic E-state index is 0.119. The first kappa shape index (κ1) is 13.4. The van der Waals surface area contributed by atoms with Crippen molar-refractivity contribution in [3.63, 3.8) is 0 Å². The summed E-state index contributed by atoms with van der Waals surface area (Å²) in [7, 11) is 0. The van der Waals surface area contributed by atoms with Crippen LogP contribution in [0, 0.1) is 0 Å². The monoisotopic (exact) mass is 279 g/mol. The summed E-state index contributed by atoms with van der Waals surface area (Å²) in [5, 5.41) is 13.0. The molecule has 0 amide bonds. The van der Waals surface area contributed by atoms with Gasteiger partial charge in [0.25, 0.3) is 0 Å². The molecule has 0 spiro atoms. The van der Waals surface area contributed by atoms with Gasteiger partial charge in [0.15, 0.2) is 5.78 Å². The van der Waals surface area contributed by atoms with E-state index in [4.69, 9.17) is 0 Å². The van der Waals surface area contributed by atoms with Crippen LogP contribution in [0.5, 0.6) is 5.75 Å². The molecule has 0 aliphatic heterocycles. The van der Waals surface area contributed by atoms with Crippen molar-refractivity contribution in [2.24, 2.45) is 0 Å². The highest BCUT2D eigenvalue weighted by Crippen LogP contribution is 2.33. The molecule has 1 atom stereocenters. The van der Waals surface area contributed by atoms with Crippen LogP contribution in [0.1, 0.15) is 24.3 Å². The summed E-state index contributed by atoms with van der Waals surface area (Å²) in [5.74, 6) is 0.498. The fourth-order valence-corrected chi connectivity index (χ4v) is 2.69. The number of para-hydroxylation sites is 2. The van der Waals surface area contributed by atoms with Crippen molar-refractivity contribution in [3.8, 4) is 5.75 Å². The van der Waals surface area contributed by atoms with E-state index in [-0.39, 0.29) is 17.5 Å². The number of ketones is 1.